The predicted octanol–water partition coefficient (Wildman–Crippen LogP) is 2.30. The van der Waals surface area contributed by atoms with Crippen molar-refractivity contribution in [3.8, 4) is 5.75 Å². The van der Waals surface area contributed by atoms with Gasteiger partial charge in [0.25, 0.3) is 5.79 Å². The first-order chi connectivity index (χ1) is 13.1. The van der Waals surface area contributed by atoms with Crippen LogP contribution >= 0.6 is 0 Å². The predicted molar refractivity (Wildman–Crippen MR) is 93.2 cm³/mol. The van der Waals surface area contributed by atoms with Gasteiger partial charge in [-0.1, -0.05) is 6.07 Å². The van der Waals surface area contributed by atoms with Crippen molar-refractivity contribution in [2.45, 2.75) is 37.9 Å². The molecule has 8 nitrogen and oxygen atoms in total. The Balaban J connectivity index is 2.06. The highest BCUT2D eigenvalue weighted by atomic mass is 19.1. The number of nitrogens with zero attached hydrogens (tertiary/aromatic N) is 1. The fourth-order valence-electron chi connectivity index (χ4n) is 3.99. The lowest BCUT2D eigenvalue weighted by molar-refractivity contribution is -0.244. The third-order valence-corrected chi connectivity index (χ3v) is 5.37. The Hall–Kier alpha value is -2.84. The van der Waals surface area contributed by atoms with E-state index in [9.17, 15) is 23.9 Å². The van der Waals surface area contributed by atoms with E-state index in [1.807, 2.05) is 0 Å². The molecule has 1 aromatic carbocycles. The minimum atomic E-state index is -1.39. The van der Waals surface area contributed by atoms with Gasteiger partial charge in [-0.25, -0.2) is 9.18 Å². The van der Waals surface area contributed by atoms with E-state index in [1.54, 1.807) is 6.07 Å². The molecule has 0 atom stereocenters. The molecular weight excluding hydrogens is 373 g/mol. The van der Waals surface area contributed by atoms with Gasteiger partial charge < -0.3 is 24.2 Å². The van der Waals surface area contributed by atoms with Crippen LogP contribution in [-0.2, 0) is 24.5 Å². The monoisotopic (exact) mass is 395 g/mol. The third kappa shape index (κ3) is 3.36. The lowest BCUT2D eigenvalue weighted by Crippen LogP contribution is -2.58. The molecule has 1 aromatic rings. The molecule has 2 aliphatic rings. The van der Waals surface area contributed by atoms with Crippen molar-refractivity contribution in [3.05, 3.63) is 29.6 Å². The van der Waals surface area contributed by atoms with Crippen LogP contribution in [0.3, 0.4) is 0 Å². The van der Waals surface area contributed by atoms with Crippen LogP contribution in [0.4, 0.5) is 9.18 Å². The van der Waals surface area contributed by atoms with Crippen LogP contribution in [0, 0.1) is 11.7 Å². The number of ether oxygens (including phenoxy) is 3. The second-order valence-corrected chi connectivity index (χ2v) is 7.45. The first-order valence-corrected chi connectivity index (χ1v) is 8.87. The number of rotatable bonds is 3. The van der Waals surface area contributed by atoms with Crippen LogP contribution < -0.4 is 4.74 Å². The van der Waals surface area contributed by atoms with Gasteiger partial charge in [-0.3, -0.25) is 9.59 Å². The van der Waals surface area contributed by atoms with Crippen LogP contribution in [0.15, 0.2) is 18.2 Å². The topological polar surface area (TPSA) is 102 Å². The van der Waals surface area contributed by atoms with Crippen molar-refractivity contribution < 1.29 is 38.1 Å². The van der Waals surface area contributed by atoms with Gasteiger partial charge in [-0.15, -0.1) is 0 Å². The van der Waals surface area contributed by atoms with Gasteiger partial charge in [-0.2, -0.15) is 0 Å². The number of cyclic esters (lactones) is 2. The minimum absolute atomic E-state index is 0.0248. The maximum absolute atomic E-state index is 14.4. The average molecular weight is 395 g/mol. The van der Waals surface area contributed by atoms with Crippen LogP contribution in [0.5, 0.6) is 5.75 Å². The van der Waals surface area contributed by atoms with Crippen LogP contribution in [0.25, 0.3) is 0 Å². The van der Waals surface area contributed by atoms with E-state index in [4.69, 9.17) is 14.2 Å². The molecule has 3 rings (SSSR count). The zero-order chi connectivity index (χ0) is 20.7. The number of hydrogen-bond donors (Lipinski definition) is 1. The van der Waals surface area contributed by atoms with Crippen molar-refractivity contribution in [3.63, 3.8) is 0 Å². The highest BCUT2D eigenvalue weighted by Crippen LogP contribution is 2.46. The smallest absolute Gasteiger partial charge is 0.407 e. The fraction of sp³-hybridized carbons (Fsp3) is 0.526. The summed E-state index contributed by atoms with van der Waals surface area (Å²) in [6.07, 6.45) is -0.815. The van der Waals surface area contributed by atoms with Crippen LogP contribution in [0.2, 0.25) is 0 Å². The number of carbonyl (C=O) groups is 3. The molecule has 2 saturated heterocycles. The van der Waals surface area contributed by atoms with Crippen molar-refractivity contribution in [1.29, 1.82) is 0 Å². The largest absolute Gasteiger partial charge is 0.494 e. The molecule has 9 heteroatoms. The number of carbonyl (C=O) groups excluding carboxylic acids is 2. The Kier molecular flexibility index (Phi) is 4.95. The summed E-state index contributed by atoms with van der Waals surface area (Å²) in [6, 6.07) is 4.22. The minimum Gasteiger partial charge on any atom is -0.494 e. The van der Waals surface area contributed by atoms with E-state index in [1.165, 1.54) is 38.0 Å². The van der Waals surface area contributed by atoms with E-state index >= 15 is 0 Å². The Morgan fingerprint density at radius 3 is 2.25 bits per heavy atom. The Labute approximate surface area is 161 Å². The molecule has 1 amide bonds. The Morgan fingerprint density at radius 2 is 1.79 bits per heavy atom. The summed E-state index contributed by atoms with van der Waals surface area (Å²) in [4.78, 5) is 38.0. The molecule has 2 fully saturated rings. The summed E-state index contributed by atoms with van der Waals surface area (Å²) < 4.78 is 29.9. The molecule has 0 spiro atoms. The lowest BCUT2D eigenvalue weighted by Gasteiger charge is -2.47. The molecule has 0 aliphatic carbocycles. The average Bonchev–Trinajstić information content (AvgIpc) is 2.60. The van der Waals surface area contributed by atoms with E-state index < -0.39 is 41.0 Å². The number of hydrogen-bond acceptors (Lipinski definition) is 6. The summed E-state index contributed by atoms with van der Waals surface area (Å²) >= 11 is 0. The van der Waals surface area contributed by atoms with Gasteiger partial charge in [0.05, 0.1) is 7.11 Å². The van der Waals surface area contributed by atoms with Crippen LogP contribution in [0.1, 0.15) is 32.3 Å². The van der Waals surface area contributed by atoms with Crippen molar-refractivity contribution in [2.75, 3.05) is 20.2 Å². The highest BCUT2D eigenvalue weighted by molar-refractivity contribution is 5.98. The Bertz CT molecular complexity index is 795. The SMILES string of the molecule is COc1ccc(C2(C3C(=O)OC(C)(C)OC3=O)CCN(C(=O)O)CC2)cc1F. The lowest BCUT2D eigenvalue weighted by atomic mass is 9.64. The van der Waals surface area contributed by atoms with E-state index in [2.05, 4.69) is 0 Å². The highest BCUT2D eigenvalue weighted by Gasteiger charge is 2.56. The molecule has 0 saturated carbocycles. The number of piperidine rings is 1. The fourth-order valence-corrected chi connectivity index (χ4v) is 3.99. The molecule has 0 bridgehead atoms. The maximum Gasteiger partial charge on any atom is 0.407 e. The zero-order valence-electron chi connectivity index (χ0n) is 15.9. The summed E-state index contributed by atoms with van der Waals surface area (Å²) in [5.74, 6) is -4.85. The number of benzene rings is 1. The zero-order valence-corrected chi connectivity index (χ0v) is 15.9. The Morgan fingerprint density at radius 1 is 1.21 bits per heavy atom. The number of esters is 2. The molecule has 0 radical (unpaired) electrons. The second kappa shape index (κ2) is 6.96. The van der Waals surface area contributed by atoms with Gasteiger partial charge in [0.15, 0.2) is 17.5 Å². The standard InChI is InChI=1S/C19H22FNO7/c1-18(2)27-15(22)14(16(23)28-18)19(6-8-21(9-7-19)17(24)25)11-4-5-13(26-3)12(20)10-11/h4-5,10,14H,6-9H2,1-3H3,(H,24,25). The van der Waals surface area contributed by atoms with Crippen molar-refractivity contribution in [2.24, 2.45) is 5.92 Å². The summed E-state index contributed by atoms with van der Waals surface area (Å²) in [6.45, 7) is 3.07. The summed E-state index contributed by atoms with van der Waals surface area (Å²) in [7, 11) is 1.33. The summed E-state index contributed by atoms with van der Waals surface area (Å²) in [5, 5.41) is 9.24. The first kappa shape index (κ1) is 19.9. The van der Waals surface area contributed by atoms with Gasteiger partial charge in [-0.05, 0) is 30.5 Å². The molecule has 0 unspecified atom stereocenters. The van der Waals surface area contributed by atoms with Gasteiger partial charge in [0.1, 0.15) is 0 Å². The number of likely N-dealkylation sites (tertiary alicyclic amines) is 1. The number of carboxylic acid groups (broad SMARTS) is 1. The third-order valence-electron chi connectivity index (χ3n) is 5.37. The molecule has 1 N–H and O–H groups in total. The van der Waals surface area contributed by atoms with Crippen molar-refractivity contribution >= 4 is 18.0 Å². The quantitative estimate of drug-likeness (QED) is 0.619. The number of methoxy groups -OCH3 is 1. The van der Waals surface area contributed by atoms with E-state index in [0.29, 0.717) is 5.56 Å². The molecule has 2 aliphatic heterocycles. The van der Waals surface area contributed by atoms with E-state index in [0.717, 1.165) is 0 Å². The van der Waals surface area contributed by atoms with Crippen molar-refractivity contribution in [1.82, 2.24) is 4.90 Å². The summed E-state index contributed by atoms with van der Waals surface area (Å²) in [5.41, 5.74) is -0.751. The molecule has 28 heavy (non-hydrogen) atoms. The molecule has 152 valence electrons. The van der Waals surface area contributed by atoms with Crippen LogP contribution in [-0.4, -0.2) is 54.0 Å². The number of halogens is 1. The van der Waals surface area contributed by atoms with Gasteiger partial charge in [0.2, 0.25) is 0 Å². The maximum atomic E-state index is 14.4. The molecule has 2 heterocycles. The molecular formula is C19H22FNO7. The number of amides is 1. The second-order valence-electron chi connectivity index (χ2n) is 7.45. The molecule has 0 aromatic heterocycles. The van der Waals surface area contributed by atoms with Gasteiger partial charge >= 0.3 is 18.0 Å². The normalized spacial score (nSPS) is 21.6. The van der Waals surface area contributed by atoms with Gasteiger partial charge in [0, 0.05) is 32.4 Å². The van der Waals surface area contributed by atoms with E-state index in [-0.39, 0.29) is 31.7 Å². The first-order valence-electron chi connectivity index (χ1n) is 8.87.